The molecule has 1 aromatic carbocycles. The van der Waals surface area contributed by atoms with Gasteiger partial charge in [0.05, 0.1) is 0 Å². The van der Waals surface area contributed by atoms with E-state index in [4.69, 9.17) is 4.74 Å². The number of nitrogens with zero attached hydrogens (tertiary/aromatic N) is 1. The predicted octanol–water partition coefficient (Wildman–Crippen LogP) is 4.15. The van der Waals surface area contributed by atoms with Crippen LogP contribution in [-0.2, 0) is 6.42 Å². The second-order valence-corrected chi connectivity index (χ2v) is 5.89. The topological polar surface area (TPSA) is 12.5 Å². The second kappa shape index (κ2) is 6.94. The zero-order valence-corrected chi connectivity index (χ0v) is 13.1. The molecule has 2 heteroatoms. The third kappa shape index (κ3) is 3.63. The largest absolute Gasteiger partial charge is 0.492 e. The van der Waals surface area contributed by atoms with Gasteiger partial charge < -0.3 is 9.64 Å². The number of likely N-dealkylation sites (N-methyl/N-ethyl adjacent to an activating group) is 1. The van der Waals surface area contributed by atoms with Gasteiger partial charge in [0.1, 0.15) is 12.4 Å². The van der Waals surface area contributed by atoms with Crippen LogP contribution in [0, 0.1) is 0 Å². The average Bonchev–Trinajstić information content (AvgIpc) is 2.46. The summed E-state index contributed by atoms with van der Waals surface area (Å²) in [4.78, 5) is 2.42. The van der Waals surface area contributed by atoms with Crippen LogP contribution in [0.2, 0.25) is 0 Å². The van der Waals surface area contributed by atoms with Gasteiger partial charge in [-0.1, -0.05) is 31.6 Å². The van der Waals surface area contributed by atoms with E-state index >= 15 is 0 Å². The molecule has 1 unspecified atom stereocenters. The Hall–Kier alpha value is -1.28. The van der Waals surface area contributed by atoms with Crippen molar-refractivity contribution >= 4 is 5.57 Å². The van der Waals surface area contributed by atoms with Gasteiger partial charge in [-0.25, -0.2) is 0 Å². The SMILES string of the molecule is C=C(C)c1ccc(OCC2CCCCN2C)cc1CC. The van der Waals surface area contributed by atoms with Crippen molar-refractivity contribution in [3.05, 3.63) is 35.9 Å². The molecule has 0 bridgehead atoms. The van der Waals surface area contributed by atoms with Gasteiger partial charge in [0.25, 0.3) is 0 Å². The van der Waals surface area contributed by atoms with Crippen LogP contribution >= 0.6 is 0 Å². The van der Waals surface area contributed by atoms with Gasteiger partial charge in [0, 0.05) is 6.04 Å². The van der Waals surface area contributed by atoms with Crippen molar-refractivity contribution in [3.8, 4) is 5.75 Å². The number of piperidine rings is 1. The third-order valence-electron chi connectivity index (χ3n) is 4.28. The lowest BCUT2D eigenvalue weighted by Gasteiger charge is -2.32. The molecule has 20 heavy (non-hydrogen) atoms. The van der Waals surface area contributed by atoms with E-state index < -0.39 is 0 Å². The minimum absolute atomic E-state index is 0.564. The van der Waals surface area contributed by atoms with Crippen LogP contribution in [-0.4, -0.2) is 31.1 Å². The smallest absolute Gasteiger partial charge is 0.119 e. The molecule has 2 rings (SSSR count). The molecule has 1 aliphatic rings. The number of aryl methyl sites for hydroxylation is 1. The van der Waals surface area contributed by atoms with E-state index in [9.17, 15) is 0 Å². The van der Waals surface area contributed by atoms with Gasteiger partial charge in [-0.05, 0) is 63.0 Å². The first-order valence-corrected chi connectivity index (χ1v) is 7.73. The van der Waals surface area contributed by atoms with Crippen molar-refractivity contribution < 1.29 is 4.74 Å². The van der Waals surface area contributed by atoms with Crippen LogP contribution in [0.3, 0.4) is 0 Å². The van der Waals surface area contributed by atoms with Crippen molar-refractivity contribution in [3.63, 3.8) is 0 Å². The fraction of sp³-hybridized carbons (Fsp3) is 0.556. The van der Waals surface area contributed by atoms with Gasteiger partial charge >= 0.3 is 0 Å². The Balaban J connectivity index is 2.01. The Labute approximate surface area is 123 Å². The molecule has 1 heterocycles. The highest BCUT2D eigenvalue weighted by Gasteiger charge is 2.19. The van der Waals surface area contributed by atoms with E-state index in [0.29, 0.717) is 6.04 Å². The summed E-state index contributed by atoms with van der Waals surface area (Å²) in [5.74, 6) is 0.992. The molecule has 0 amide bonds. The fourth-order valence-corrected chi connectivity index (χ4v) is 2.92. The lowest BCUT2D eigenvalue weighted by molar-refractivity contribution is 0.125. The molecule has 1 saturated heterocycles. The molecule has 1 atom stereocenters. The van der Waals surface area contributed by atoms with E-state index in [1.54, 1.807) is 0 Å². The van der Waals surface area contributed by atoms with E-state index in [-0.39, 0.29) is 0 Å². The fourth-order valence-electron chi connectivity index (χ4n) is 2.92. The first kappa shape index (κ1) is 15.1. The zero-order valence-electron chi connectivity index (χ0n) is 13.1. The Morgan fingerprint density at radius 3 is 2.85 bits per heavy atom. The van der Waals surface area contributed by atoms with Crippen LogP contribution in [0.5, 0.6) is 5.75 Å². The molecule has 110 valence electrons. The molecule has 1 fully saturated rings. The van der Waals surface area contributed by atoms with Crippen LogP contribution in [0.1, 0.15) is 44.2 Å². The summed E-state index contributed by atoms with van der Waals surface area (Å²) >= 11 is 0. The maximum absolute atomic E-state index is 6.02. The summed E-state index contributed by atoms with van der Waals surface area (Å²) in [6.07, 6.45) is 4.91. The summed E-state index contributed by atoms with van der Waals surface area (Å²) in [5.41, 5.74) is 3.71. The van der Waals surface area contributed by atoms with Crippen molar-refractivity contribution in [2.75, 3.05) is 20.2 Å². The van der Waals surface area contributed by atoms with Crippen LogP contribution in [0.25, 0.3) is 5.57 Å². The third-order valence-corrected chi connectivity index (χ3v) is 4.28. The quantitative estimate of drug-likeness (QED) is 0.799. The van der Waals surface area contributed by atoms with E-state index in [0.717, 1.165) is 24.4 Å². The number of hydrogen-bond acceptors (Lipinski definition) is 2. The Morgan fingerprint density at radius 2 is 2.20 bits per heavy atom. The molecule has 0 N–H and O–H groups in total. The first-order valence-electron chi connectivity index (χ1n) is 7.73. The molecule has 0 saturated carbocycles. The van der Waals surface area contributed by atoms with Gasteiger partial charge in [-0.3, -0.25) is 0 Å². The number of likely N-dealkylation sites (tertiary alicyclic amines) is 1. The van der Waals surface area contributed by atoms with Crippen molar-refractivity contribution in [2.45, 2.75) is 45.6 Å². The number of rotatable bonds is 5. The summed E-state index contributed by atoms with van der Waals surface area (Å²) in [5, 5.41) is 0. The van der Waals surface area contributed by atoms with E-state index in [1.807, 2.05) is 0 Å². The highest BCUT2D eigenvalue weighted by Crippen LogP contribution is 2.24. The van der Waals surface area contributed by atoms with E-state index in [1.165, 1.54) is 36.9 Å². The summed E-state index contributed by atoms with van der Waals surface area (Å²) < 4.78 is 6.02. The minimum Gasteiger partial charge on any atom is -0.492 e. The minimum atomic E-state index is 0.564. The molecular weight excluding hydrogens is 246 g/mol. The van der Waals surface area contributed by atoms with Crippen molar-refractivity contribution in [2.24, 2.45) is 0 Å². The summed E-state index contributed by atoms with van der Waals surface area (Å²) in [6, 6.07) is 6.95. The van der Waals surface area contributed by atoms with Gasteiger partial charge in [0.2, 0.25) is 0 Å². The molecule has 1 aliphatic heterocycles. The number of hydrogen-bond donors (Lipinski definition) is 0. The van der Waals surface area contributed by atoms with Crippen molar-refractivity contribution in [1.29, 1.82) is 0 Å². The molecule has 0 spiro atoms. The Kier molecular flexibility index (Phi) is 5.24. The maximum atomic E-state index is 6.02. The lowest BCUT2D eigenvalue weighted by Crippen LogP contribution is -2.40. The van der Waals surface area contributed by atoms with Crippen molar-refractivity contribution in [1.82, 2.24) is 4.90 Å². The highest BCUT2D eigenvalue weighted by atomic mass is 16.5. The molecule has 1 aromatic rings. The average molecular weight is 273 g/mol. The first-order chi connectivity index (χ1) is 9.61. The second-order valence-electron chi connectivity index (χ2n) is 5.89. The summed E-state index contributed by atoms with van der Waals surface area (Å²) in [6.45, 7) is 10.3. The number of ether oxygens (including phenoxy) is 1. The van der Waals surface area contributed by atoms with Gasteiger partial charge in [0.15, 0.2) is 0 Å². The molecule has 0 radical (unpaired) electrons. The van der Waals surface area contributed by atoms with E-state index in [2.05, 4.69) is 50.6 Å². The normalized spacial score (nSPS) is 19.9. The van der Waals surface area contributed by atoms with Crippen LogP contribution in [0.15, 0.2) is 24.8 Å². The standard InChI is InChI=1S/C18H27NO/c1-5-15-12-17(9-10-18(15)14(2)3)20-13-16-8-6-7-11-19(16)4/h9-10,12,16H,2,5-8,11,13H2,1,3-4H3. The van der Waals surface area contributed by atoms with Crippen LogP contribution in [0.4, 0.5) is 0 Å². The molecule has 0 aliphatic carbocycles. The Morgan fingerprint density at radius 1 is 1.40 bits per heavy atom. The maximum Gasteiger partial charge on any atom is 0.119 e. The van der Waals surface area contributed by atoms with Gasteiger partial charge in [-0.15, -0.1) is 0 Å². The van der Waals surface area contributed by atoms with Crippen LogP contribution < -0.4 is 4.74 Å². The summed E-state index contributed by atoms with van der Waals surface area (Å²) in [7, 11) is 2.20. The molecule has 2 nitrogen and oxygen atoms in total. The number of benzene rings is 1. The van der Waals surface area contributed by atoms with Gasteiger partial charge in [-0.2, -0.15) is 0 Å². The zero-order chi connectivity index (χ0) is 14.5. The monoisotopic (exact) mass is 273 g/mol. The Bertz CT molecular complexity index is 466. The molecular formula is C18H27NO. The number of allylic oxidation sites excluding steroid dienone is 1. The molecule has 0 aromatic heterocycles. The predicted molar refractivity (Wildman–Crippen MR) is 86.3 cm³/mol. The highest BCUT2D eigenvalue weighted by molar-refractivity contribution is 5.65. The lowest BCUT2D eigenvalue weighted by atomic mass is 10.00.